The maximum atomic E-state index is 11.9. The number of likely N-dealkylation sites (tertiary alicyclic amines) is 1. The normalized spacial score (nSPS) is 19.7. The summed E-state index contributed by atoms with van der Waals surface area (Å²) in [6.45, 7) is 4.94. The first kappa shape index (κ1) is 12.8. The lowest BCUT2D eigenvalue weighted by Gasteiger charge is -2.13. The summed E-state index contributed by atoms with van der Waals surface area (Å²) in [6, 6.07) is 7.67. The van der Waals surface area contributed by atoms with Crippen molar-refractivity contribution in [3.05, 3.63) is 35.4 Å². The van der Waals surface area contributed by atoms with Gasteiger partial charge in [-0.2, -0.15) is 0 Å². The lowest BCUT2D eigenvalue weighted by atomic mass is 10.1. The van der Waals surface area contributed by atoms with E-state index in [4.69, 9.17) is 0 Å². The number of benzene rings is 1. The molecule has 2 rings (SSSR count). The number of nitrogens with one attached hydrogen (secondary N) is 1. The summed E-state index contributed by atoms with van der Waals surface area (Å²) < 4.78 is 0. The van der Waals surface area contributed by atoms with E-state index in [1.54, 1.807) is 0 Å². The highest BCUT2D eigenvalue weighted by atomic mass is 16.2. The molecule has 0 aromatic heterocycles. The molecular weight excluding hydrogens is 228 g/mol. The molecule has 96 valence electrons. The van der Waals surface area contributed by atoms with Gasteiger partial charge in [0.2, 0.25) is 11.8 Å². The molecular formula is C14H18N2O2. The number of hydrogen-bond acceptors (Lipinski definition) is 3. The average Bonchev–Trinajstić information content (AvgIpc) is 2.63. The predicted molar refractivity (Wildman–Crippen MR) is 68.8 cm³/mol. The van der Waals surface area contributed by atoms with Gasteiger partial charge in [-0.3, -0.25) is 14.5 Å². The largest absolute Gasteiger partial charge is 0.301 e. The molecule has 0 radical (unpaired) electrons. The van der Waals surface area contributed by atoms with E-state index < -0.39 is 0 Å². The van der Waals surface area contributed by atoms with Gasteiger partial charge in [-0.05, 0) is 25.0 Å². The van der Waals surface area contributed by atoms with Crippen molar-refractivity contribution in [2.24, 2.45) is 0 Å². The third-order valence-corrected chi connectivity index (χ3v) is 3.36. The minimum absolute atomic E-state index is 0.0789. The Bertz CT molecular complexity index is 471. The van der Waals surface area contributed by atoms with E-state index in [0.29, 0.717) is 13.1 Å². The van der Waals surface area contributed by atoms with Gasteiger partial charge >= 0.3 is 0 Å². The van der Waals surface area contributed by atoms with E-state index in [0.717, 1.165) is 5.56 Å². The molecule has 1 N–H and O–H groups in total. The van der Waals surface area contributed by atoms with Crippen LogP contribution < -0.4 is 5.32 Å². The van der Waals surface area contributed by atoms with Gasteiger partial charge in [0.05, 0.1) is 12.5 Å². The Balaban J connectivity index is 1.98. The molecule has 1 aliphatic rings. The summed E-state index contributed by atoms with van der Waals surface area (Å²) in [5.41, 5.74) is 2.35. The van der Waals surface area contributed by atoms with Crippen LogP contribution in [0, 0.1) is 6.92 Å². The summed E-state index contributed by atoms with van der Waals surface area (Å²) in [6.07, 6.45) is 0.276. The van der Waals surface area contributed by atoms with Crippen LogP contribution in [0.25, 0.3) is 0 Å². The summed E-state index contributed by atoms with van der Waals surface area (Å²) >= 11 is 0. The second kappa shape index (κ2) is 5.31. The Labute approximate surface area is 107 Å². The molecule has 1 unspecified atom stereocenters. The molecule has 2 amide bonds. The Hall–Kier alpha value is -1.68. The van der Waals surface area contributed by atoms with Crippen LogP contribution in [0.1, 0.15) is 24.5 Å². The number of aryl methyl sites for hydroxylation is 1. The SMILES string of the molecule is CCN1C(=O)CC(NCc2ccccc2C)C1=O. The highest BCUT2D eigenvalue weighted by molar-refractivity contribution is 6.05. The van der Waals surface area contributed by atoms with Gasteiger partial charge in [0.25, 0.3) is 0 Å². The van der Waals surface area contributed by atoms with Gasteiger partial charge in [-0.15, -0.1) is 0 Å². The van der Waals surface area contributed by atoms with E-state index in [1.165, 1.54) is 10.5 Å². The first-order valence-corrected chi connectivity index (χ1v) is 6.25. The summed E-state index contributed by atoms with van der Waals surface area (Å²) in [7, 11) is 0. The minimum Gasteiger partial charge on any atom is -0.301 e. The number of imide groups is 1. The fourth-order valence-electron chi connectivity index (χ4n) is 2.22. The first-order chi connectivity index (χ1) is 8.63. The van der Waals surface area contributed by atoms with Crippen molar-refractivity contribution in [1.29, 1.82) is 0 Å². The Morgan fingerprint density at radius 2 is 2.06 bits per heavy atom. The average molecular weight is 246 g/mol. The monoisotopic (exact) mass is 246 g/mol. The van der Waals surface area contributed by atoms with Gasteiger partial charge < -0.3 is 5.32 Å². The number of nitrogens with zero attached hydrogens (tertiary/aromatic N) is 1. The molecule has 4 nitrogen and oxygen atoms in total. The van der Waals surface area contributed by atoms with Crippen LogP contribution in [0.2, 0.25) is 0 Å². The zero-order valence-corrected chi connectivity index (χ0v) is 10.8. The van der Waals surface area contributed by atoms with Crippen LogP contribution in [0.5, 0.6) is 0 Å². The van der Waals surface area contributed by atoms with Gasteiger partial charge in [0.1, 0.15) is 0 Å². The highest BCUT2D eigenvalue weighted by Crippen LogP contribution is 2.14. The molecule has 1 aromatic carbocycles. The molecule has 18 heavy (non-hydrogen) atoms. The topological polar surface area (TPSA) is 49.4 Å². The number of hydrogen-bond donors (Lipinski definition) is 1. The van der Waals surface area contributed by atoms with Crippen molar-refractivity contribution in [3.63, 3.8) is 0 Å². The molecule has 0 saturated carbocycles. The fourth-order valence-corrected chi connectivity index (χ4v) is 2.22. The second-order valence-electron chi connectivity index (χ2n) is 4.54. The van der Waals surface area contributed by atoms with Gasteiger partial charge in [0, 0.05) is 13.1 Å². The van der Waals surface area contributed by atoms with E-state index in [1.807, 2.05) is 38.1 Å². The minimum atomic E-state index is -0.364. The highest BCUT2D eigenvalue weighted by Gasteiger charge is 2.36. The van der Waals surface area contributed by atoms with E-state index in [2.05, 4.69) is 5.32 Å². The fraction of sp³-hybridized carbons (Fsp3) is 0.429. The first-order valence-electron chi connectivity index (χ1n) is 6.25. The third-order valence-electron chi connectivity index (χ3n) is 3.36. The third kappa shape index (κ3) is 2.43. The van der Waals surface area contributed by atoms with E-state index in [9.17, 15) is 9.59 Å². The number of carbonyl (C=O) groups excluding carboxylic acids is 2. The van der Waals surface area contributed by atoms with Crippen molar-refractivity contribution in [2.75, 3.05) is 6.54 Å². The summed E-state index contributed by atoms with van der Waals surface area (Å²) in [5, 5.41) is 3.17. The van der Waals surface area contributed by atoms with Crippen molar-refractivity contribution in [1.82, 2.24) is 10.2 Å². The van der Waals surface area contributed by atoms with Crippen molar-refractivity contribution >= 4 is 11.8 Å². The maximum absolute atomic E-state index is 11.9. The van der Waals surface area contributed by atoms with Crippen molar-refractivity contribution < 1.29 is 9.59 Å². The number of likely N-dealkylation sites (N-methyl/N-ethyl adjacent to an activating group) is 1. The van der Waals surface area contributed by atoms with Crippen LogP contribution in [0.3, 0.4) is 0 Å². The lowest BCUT2D eigenvalue weighted by molar-refractivity contribution is -0.138. The molecule has 0 aliphatic carbocycles. The van der Waals surface area contributed by atoms with E-state index >= 15 is 0 Å². The Morgan fingerprint density at radius 3 is 2.67 bits per heavy atom. The molecule has 1 atom stereocenters. The second-order valence-corrected chi connectivity index (χ2v) is 4.54. The molecule has 4 heteroatoms. The number of rotatable bonds is 4. The molecule has 1 saturated heterocycles. The Kier molecular flexibility index (Phi) is 3.77. The number of carbonyl (C=O) groups is 2. The van der Waals surface area contributed by atoms with Crippen LogP contribution >= 0.6 is 0 Å². The molecule has 1 heterocycles. The van der Waals surface area contributed by atoms with Crippen LogP contribution in [0.4, 0.5) is 0 Å². The smallest absolute Gasteiger partial charge is 0.246 e. The predicted octanol–water partition coefficient (Wildman–Crippen LogP) is 1.23. The zero-order valence-electron chi connectivity index (χ0n) is 10.8. The van der Waals surface area contributed by atoms with Crippen molar-refractivity contribution in [2.45, 2.75) is 32.9 Å². The quantitative estimate of drug-likeness (QED) is 0.813. The standard InChI is InChI=1S/C14H18N2O2/c1-3-16-13(17)8-12(14(16)18)15-9-11-7-5-4-6-10(11)2/h4-7,12,15H,3,8-9H2,1-2H3. The van der Waals surface area contributed by atoms with Crippen LogP contribution in [-0.4, -0.2) is 29.3 Å². The number of amides is 2. The maximum Gasteiger partial charge on any atom is 0.246 e. The Morgan fingerprint density at radius 1 is 1.33 bits per heavy atom. The molecule has 0 bridgehead atoms. The lowest BCUT2D eigenvalue weighted by Crippen LogP contribution is -2.38. The molecule has 1 aliphatic heterocycles. The summed E-state index contributed by atoms with van der Waals surface area (Å²) in [4.78, 5) is 24.8. The van der Waals surface area contributed by atoms with Crippen LogP contribution in [-0.2, 0) is 16.1 Å². The van der Waals surface area contributed by atoms with Crippen molar-refractivity contribution in [3.8, 4) is 0 Å². The van der Waals surface area contributed by atoms with Gasteiger partial charge in [-0.25, -0.2) is 0 Å². The van der Waals surface area contributed by atoms with Gasteiger partial charge in [0.15, 0.2) is 0 Å². The van der Waals surface area contributed by atoms with Gasteiger partial charge in [-0.1, -0.05) is 24.3 Å². The molecule has 1 fully saturated rings. The van der Waals surface area contributed by atoms with Crippen LogP contribution in [0.15, 0.2) is 24.3 Å². The molecule has 1 aromatic rings. The van der Waals surface area contributed by atoms with E-state index in [-0.39, 0.29) is 24.3 Å². The summed E-state index contributed by atoms with van der Waals surface area (Å²) in [5.74, 6) is -0.180. The zero-order chi connectivity index (χ0) is 13.1. The molecule has 0 spiro atoms.